The molecule has 3 nitrogen and oxygen atoms in total. The third kappa shape index (κ3) is 1.20. The average Bonchev–Trinajstić information content (AvgIpc) is 2.43. The predicted molar refractivity (Wildman–Crippen MR) is 54.6 cm³/mol. The van der Waals surface area contributed by atoms with Gasteiger partial charge in [-0.25, -0.2) is 9.50 Å². The summed E-state index contributed by atoms with van der Waals surface area (Å²) in [5.74, 6) is 1.55. The topological polar surface area (TPSA) is 30.2 Å². The van der Waals surface area contributed by atoms with Gasteiger partial charge in [0.25, 0.3) is 0 Å². The van der Waals surface area contributed by atoms with Gasteiger partial charge in [-0.05, 0) is 25.0 Å². The van der Waals surface area contributed by atoms with Crippen molar-refractivity contribution < 1.29 is 0 Å². The van der Waals surface area contributed by atoms with E-state index >= 15 is 0 Å². The number of pyridine rings is 1. The molecule has 0 aromatic carbocycles. The first kappa shape index (κ1) is 8.24. The highest BCUT2D eigenvalue weighted by Crippen LogP contribution is 2.34. The van der Waals surface area contributed by atoms with Gasteiger partial charge in [0.15, 0.2) is 11.5 Å². The van der Waals surface area contributed by atoms with Gasteiger partial charge in [0.05, 0.1) is 5.02 Å². The van der Waals surface area contributed by atoms with Gasteiger partial charge in [-0.15, -0.1) is 0 Å². The van der Waals surface area contributed by atoms with Crippen LogP contribution in [0.4, 0.5) is 0 Å². The predicted octanol–water partition coefficient (Wildman–Crippen LogP) is 2.65. The third-order valence-electron chi connectivity index (χ3n) is 2.78. The van der Waals surface area contributed by atoms with Crippen LogP contribution in [0.5, 0.6) is 0 Å². The van der Waals surface area contributed by atoms with Crippen LogP contribution in [0.3, 0.4) is 0 Å². The van der Waals surface area contributed by atoms with Crippen LogP contribution in [0.1, 0.15) is 31.0 Å². The number of fused-ring (bicyclic) bond motifs is 1. The van der Waals surface area contributed by atoms with Gasteiger partial charge in [-0.1, -0.05) is 18.0 Å². The first-order valence-corrected chi connectivity index (χ1v) is 5.22. The van der Waals surface area contributed by atoms with E-state index in [4.69, 9.17) is 11.6 Å². The van der Waals surface area contributed by atoms with Crippen molar-refractivity contribution in [1.29, 1.82) is 0 Å². The molecular weight excluding hydrogens is 198 g/mol. The summed E-state index contributed by atoms with van der Waals surface area (Å²) in [5, 5.41) is 5.11. The van der Waals surface area contributed by atoms with Crippen LogP contribution in [0.15, 0.2) is 18.3 Å². The van der Waals surface area contributed by atoms with E-state index in [1.54, 1.807) is 10.7 Å². The monoisotopic (exact) mass is 207 g/mol. The van der Waals surface area contributed by atoms with Crippen molar-refractivity contribution in [2.45, 2.75) is 25.2 Å². The van der Waals surface area contributed by atoms with Crippen molar-refractivity contribution in [3.05, 3.63) is 29.2 Å². The highest BCUT2D eigenvalue weighted by atomic mass is 35.5. The first-order chi connectivity index (χ1) is 6.83. The summed E-state index contributed by atoms with van der Waals surface area (Å²) in [6.45, 7) is 0. The summed E-state index contributed by atoms with van der Waals surface area (Å²) in [5.41, 5.74) is 0.885. The van der Waals surface area contributed by atoms with E-state index in [0.717, 1.165) is 11.5 Å². The molecule has 4 heteroatoms. The molecule has 0 saturated heterocycles. The second-order valence-electron chi connectivity index (χ2n) is 3.75. The van der Waals surface area contributed by atoms with Crippen LogP contribution in [0, 0.1) is 0 Å². The van der Waals surface area contributed by atoms with E-state index in [-0.39, 0.29) is 0 Å². The van der Waals surface area contributed by atoms with Crippen LogP contribution in [-0.4, -0.2) is 14.6 Å². The van der Waals surface area contributed by atoms with E-state index in [9.17, 15) is 0 Å². The molecule has 2 aromatic heterocycles. The third-order valence-corrected chi connectivity index (χ3v) is 3.01. The van der Waals surface area contributed by atoms with Crippen molar-refractivity contribution in [3.8, 4) is 0 Å². The highest BCUT2D eigenvalue weighted by molar-refractivity contribution is 6.30. The molecule has 0 amide bonds. The minimum Gasteiger partial charge on any atom is -0.219 e. The molecule has 0 N–H and O–H groups in total. The summed E-state index contributed by atoms with van der Waals surface area (Å²) in [6, 6.07) is 3.74. The number of halogens is 1. The molecule has 0 radical (unpaired) electrons. The molecule has 0 atom stereocenters. The molecule has 1 fully saturated rings. The standard InChI is InChI=1S/C10H10ClN3/c11-8-4-5-9-12-10(7-2-1-3-7)13-14(9)6-8/h4-7H,1-3H2. The minimum absolute atomic E-state index is 0.577. The maximum Gasteiger partial charge on any atom is 0.155 e. The van der Waals surface area contributed by atoms with Gasteiger partial charge < -0.3 is 0 Å². The molecule has 0 unspecified atom stereocenters. The lowest BCUT2D eigenvalue weighted by Crippen LogP contribution is -2.10. The van der Waals surface area contributed by atoms with Crippen LogP contribution in [0.25, 0.3) is 5.65 Å². The molecular formula is C10H10ClN3. The lowest BCUT2D eigenvalue weighted by atomic mass is 9.85. The van der Waals surface area contributed by atoms with Gasteiger partial charge in [0.1, 0.15) is 0 Å². The van der Waals surface area contributed by atoms with E-state index in [1.807, 2.05) is 12.1 Å². The lowest BCUT2D eigenvalue weighted by Gasteiger charge is -2.21. The second-order valence-corrected chi connectivity index (χ2v) is 4.18. The number of rotatable bonds is 1. The summed E-state index contributed by atoms with van der Waals surface area (Å²) >= 11 is 5.87. The molecule has 1 aliphatic carbocycles. The Balaban J connectivity index is 2.10. The van der Waals surface area contributed by atoms with E-state index in [0.29, 0.717) is 10.9 Å². The molecule has 72 valence electrons. The Morgan fingerprint density at radius 1 is 1.36 bits per heavy atom. The number of hydrogen-bond donors (Lipinski definition) is 0. The Morgan fingerprint density at radius 2 is 2.21 bits per heavy atom. The molecule has 3 rings (SSSR count). The minimum atomic E-state index is 0.577. The summed E-state index contributed by atoms with van der Waals surface area (Å²) in [6.07, 6.45) is 5.56. The van der Waals surface area contributed by atoms with Crippen molar-refractivity contribution in [2.75, 3.05) is 0 Å². The van der Waals surface area contributed by atoms with Crippen molar-refractivity contribution in [1.82, 2.24) is 14.6 Å². The van der Waals surface area contributed by atoms with E-state index in [1.165, 1.54) is 19.3 Å². The van der Waals surface area contributed by atoms with Crippen LogP contribution >= 0.6 is 11.6 Å². The first-order valence-electron chi connectivity index (χ1n) is 4.85. The van der Waals surface area contributed by atoms with Gasteiger partial charge in [-0.3, -0.25) is 0 Å². The maximum absolute atomic E-state index is 5.87. The smallest absolute Gasteiger partial charge is 0.155 e. The Bertz CT molecular complexity index is 473. The summed E-state index contributed by atoms with van der Waals surface area (Å²) in [7, 11) is 0. The molecule has 1 aliphatic rings. The average molecular weight is 208 g/mol. The zero-order valence-corrected chi connectivity index (χ0v) is 8.41. The largest absolute Gasteiger partial charge is 0.219 e. The van der Waals surface area contributed by atoms with E-state index in [2.05, 4.69) is 10.1 Å². The molecule has 14 heavy (non-hydrogen) atoms. The Labute approximate surface area is 86.7 Å². The second kappa shape index (κ2) is 2.95. The quantitative estimate of drug-likeness (QED) is 0.720. The fourth-order valence-corrected chi connectivity index (χ4v) is 1.87. The van der Waals surface area contributed by atoms with Crippen LogP contribution < -0.4 is 0 Å². The fraction of sp³-hybridized carbons (Fsp3) is 0.400. The van der Waals surface area contributed by atoms with Gasteiger partial charge >= 0.3 is 0 Å². The molecule has 0 bridgehead atoms. The van der Waals surface area contributed by atoms with Gasteiger partial charge in [0.2, 0.25) is 0 Å². The maximum atomic E-state index is 5.87. The van der Waals surface area contributed by atoms with Crippen LogP contribution in [-0.2, 0) is 0 Å². The zero-order chi connectivity index (χ0) is 9.54. The summed E-state index contributed by atoms with van der Waals surface area (Å²) in [4.78, 5) is 4.47. The normalized spacial score (nSPS) is 17.2. The molecule has 1 saturated carbocycles. The molecule has 0 aliphatic heterocycles. The van der Waals surface area contributed by atoms with Crippen molar-refractivity contribution in [2.24, 2.45) is 0 Å². The molecule has 2 aromatic rings. The van der Waals surface area contributed by atoms with Crippen molar-refractivity contribution >= 4 is 17.2 Å². The fourth-order valence-electron chi connectivity index (χ4n) is 1.71. The molecule has 2 heterocycles. The molecule has 0 spiro atoms. The highest BCUT2D eigenvalue weighted by Gasteiger charge is 2.23. The van der Waals surface area contributed by atoms with Gasteiger partial charge in [0, 0.05) is 12.1 Å². The zero-order valence-electron chi connectivity index (χ0n) is 7.65. The van der Waals surface area contributed by atoms with E-state index < -0.39 is 0 Å². The van der Waals surface area contributed by atoms with Crippen molar-refractivity contribution in [3.63, 3.8) is 0 Å². The number of nitrogens with zero attached hydrogens (tertiary/aromatic N) is 3. The van der Waals surface area contributed by atoms with Crippen LogP contribution in [0.2, 0.25) is 5.02 Å². The summed E-state index contributed by atoms with van der Waals surface area (Å²) < 4.78 is 1.76. The lowest BCUT2D eigenvalue weighted by molar-refractivity contribution is 0.402. The number of hydrogen-bond acceptors (Lipinski definition) is 2. The Morgan fingerprint density at radius 3 is 2.93 bits per heavy atom. The Hall–Kier alpha value is -1.09. The Kier molecular flexibility index (Phi) is 1.74. The van der Waals surface area contributed by atoms with Gasteiger partial charge in [-0.2, -0.15) is 5.10 Å². The SMILES string of the molecule is Clc1ccc2nc(C3CCC3)nn2c1. The number of aromatic nitrogens is 3.